The van der Waals surface area contributed by atoms with Gasteiger partial charge in [-0.05, 0) is 204 Å². The molecule has 6 aliphatic carbocycles. The Hall–Kier alpha value is -3.43. The van der Waals surface area contributed by atoms with Crippen molar-refractivity contribution in [1.82, 2.24) is 10.6 Å². The number of benzene rings is 3. The van der Waals surface area contributed by atoms with Gasteiger partial charge in [-0.15, -0.1) is 0 Å². The fourth-order valence-electron chi connectivity index (χ4n) is 20.3. The van der Waals surface area contributed by atoms with Gasteiger partial charge >= 0.3 is 5.97 Å². The number of rotatable bonds is 12. The molecule has 89 heavy (non-hydrogen) atoms. The summed E-state index contributed by atoms with van der Waals surface area (Å²) < 4.78 is 33.0. The number of allylic oxidation sites excluding steroid dienone is 1. The number of ether oxygens (including phenoxy) is 4. The van der Waals surface area contributed by atoms with Crippen molar-refractivity contribution in [2.75, 3.05) is 45.7 Å². The molecule has 488 valence electrons. The molecular weight excluding hydrogens is 1160 g/mol. The van der Waals surface area contributed by atoms with Crippen LogP contribution in [0.2, 0.25) is 0 Å². The van der Waals surface area contributed by atoms with Crippen molar-refractivity contribution in [1.29, 1.82) is 0 Å². The van der Waals surface area contributed by atoms with Gasteiger partial charge in [-0.25, -0.2) is 0 Å². The van der Waals surface area contributed by atoms with Crippen molar-refractivity contribution in [2.24, 2.45) is 46.8 Å². The van der Waals surface area contributed by atoms with Crippen LogP contribution in [0.3, 0.4) is 0 Å². The largest absolute Gasteiger partial charge is 0.485 e. The van der Waals surface area contributed by atoms with E-state index in [1.165, 1.54) is 35.6 Å². The highest BCUT2D eigenvalue weighted by Gasteiger charge is 2.78. The van der Waals surface area contributed by atoms with Crippen LogP contribution in [0.1, 0.15) is 166 Å². The number of hydrogen-bond donors (Lipinski definition) is 9. The molecule has 9 N–H and O–H groups in total. The van der Waals surface area contributed by atoms with E-state index in [1.54, 1.807) is 36.1 Å². The second kappa shape index (κ2) is 25.7. The summed E-state index contributed by atoms with van der Waals surface area (Å²) in [6, 6.07) is 19.5. The summed E-state index contributed by atoms with van der Waals surface area (Å²) in [5, 5.41) is 102. The monoisotopic (exact) mass is 1260 g/mol. The van der Waals surface area contributed by atoms with Crippen molar-refractivity contribution < 1.29 is 63.9 Å². The molecule has 9 aliphatic rings. The molecule has 5 bridgehead atoms. The lowest BCUT2D eigenvalue weighted by Gasteiger charge is -2.67. The Morgan fingerprint density at radius 1 is 0.843 bits per heavy atom. The Kier molecular flexibility index (Phi) is 18.6. The first-order chi connectivity index (χ1) is 43.0. The number of furan rings is 1. The molecule has 0 unspecified atom stereocenters. The Balaban J connectivity index is 0.926. The van der Waals surface area contributed by atoms with Crippen LogP contribution in [0.15, 0.2) is 77.4 Å². The molecule has 0 radical (unpaired) electrons. The lowest BCUT2D eigenvalue weighted by Crippen LogP contribution is -2.86. The molecular formula is C72H100N2O13S2. The standard InChI is InChI=1S/C72H100N2O13S2/c1-4-83-59(78)22-18-49-37-50-26-35-84-61(50)63-62(49)86-65-72(82)60-51(17-20-55(76)54(60)43-75)40-70(81,64(72)79)71(87-65)44-88-89-69(57(74-34-36-85-63)21-15-45(2)11-10-14-58(71)77)33-32-66(29-23-46(39-66)42-73-3)56(69)25-31-67(80)30-24-53(41-67)68(27-8-5-9-28-68)52-19-16-47-12-6-7-13-48(47)38-52/h6-7,12-13,16-17,19-20,26,35,37-38,45-46,51,53-58,60,64-65,73-77,79-82H,4-5,8-11,14-15,18,21-25,27-34,36,39-44H2,1-3H3/t45-,46+,51+,53+,54-,55+,56-,57+,58-,60+,64+,65-,66+,67-,69+,70+,71-,72-/m1/s1. The Bertz CT molecular complexity index is 3180. The molecule has 2 saturated heterocycles. The first-order valence-corrected chi connectivity index (χ1v) is 36.6. The van der Waals surface area contributed by atoms with E-state index in [9.17, 15) is 40.5 Å². The SMILES string of the molecule is CCOC(=O)CCc1cc2ccoc2c2c1O[C@@H]1O[C@@]3(CSS[C@]4(CC[C@]5(CC[C@H](CNC)C5)[C@H]4CC[C@]4(O)CC[C@H](C5(c6ccc7ccccc7c6)CCCCC5)C4)[C@H](CC[C@H](C)CCC[C@H]3O)NCCO2)[C@]2(O)C[C@@H]3C=C[C@H](O)[C@@H](CO)[C@H]3[C@@]1(O)[C@H]2O. The lowest BCUT2D eigenvalue weighted by atomic mass is 9.50. The lowest BCUT2D eigenvalue weighted by molar-refractivity contribution is -0.424. The van der Waals surface area contributed by atoms with E-state index in [2.05, 4.69) is 67.1 Å². The summed E-state index contributed by atoms with van der Waals surface area (Å²) in [4.78, 5) is 13.2. The fourth-order valence-corrected chi connectivity index (χ4v) is 24.6. The fraction of sp³-hybridized carbons (Fsp3) is 0.708. The maximum Gasteiger partial charge on any atom is 0.306 e. The van der Waals surface area contributed by atoms with E-state index in [1.807, 2.05) is 22.9 Å². The van der Waals surface area contributed by atoms with Gasteiger partial charge in [0.25, 0.3) is 0 Å². The second-order valence-electron chi connectivity index (χ2n) is 29.5. The highest BCUT2D eigenvalue weighted by molar-refractivity contribution is 8.77. The Morgan fingerprint density at radius 3 is 2.48 bits per heavy atom. The number of aliphatic hydroxyl groups excluding tert-OH is 4. The molecule has 5 saturated carbocycles. The van der Waals surface area contributed by atoms with Gasteiger partial charge in [0.2, 0.25) is 12.0 Å². The van der Waals surface area contributed by atoms with Crippen LogP contribution < -0.4 is 20.1 Å². The summed E-state index contributed by atoms with van der Waals surface area (Å²) in [6.45, 7) is 5.26. The molecule has 4 heterocycles. The predicted molar refractivity (Wildman–Crippen MR) is 348 cm³/mol. The number of fused-ring (bicyclic) bond motifs is 12. The number of carbonyl (C=O) groups is 1. The molecule has 13 rings (SSSR count). The first kappa shape index (κ1) is 64.3. The zero-order valence-electron chi connectivity index (χ0n) is 52.8. The normalized spacial score (nSPS) is 40.7. The van der Waals surface area contributed by atoms with Gasteiger partial charge in [-0.1, -0.05) is 115 Å². The van der Waals surface area contributed by atoms with Crippen LogP contribution in [0, 0.1) is 46.8 Å². The number of hydrogen-bond acceptors (Lipinski definition) is 17. The Morgan fingerprint density at radius 2 is 1.67 bits per heavy atom. The molecule has 18 atom stereocenters. The van der Waals surface area contributed by atoms with Gasteiger partial charge in [-0.3, -0.25) is 4.79 Å². The summed E-state index contributed by atoms with van der Waals surface area (Å²) in [5.41, 5.74) is -5.30. The van der Waals surface area contributed by atoms with E-state index in [-0.39, 0.29) is 84.9 Å². The summed E-state index contributed by atoms with van der Waals surface area (Å²) in [6.07, 6.45) is 17.2. The number of aliphatic hydroxyl groups is 7. The van der Waals surface area contributed by atoms with Crippen LogP contribution >= 0.6 is 21.6 Å². The minimum absolute atomic E-state index is 0.000372. The maximum absolute atomic E-state index is 14.0. The smallest absolute Gasteiger partial charge is 0.306 e. The third-order valence-electron chi connectivity index (χ3n) is 24.8. The van der Waals surface area contributed by atoms with Crippen LogP contribution in [0.4, 0.5) is 0 Å². The van der Waals surface area contributed by atoms with E-state index in [0.29, 0.717) is 47.8 Å². The van der Waals surface area contributed by atoms with Crippen molar-refractivity contribution in [3.63, 3.8) is 0 Å². The highest BCUT2D eigenvalue weighted by atomic mass is 33.1. The number of carbonyl (C=O) groups excluding carboxylic acids is 1. The number of esters is 1. The Labute approximate surface area is 534 Å². The summed E-state index contributed by atoms with van der Waals surface area (Å²) >= 11 is 0. The van der Waals surface area contributed by atoms with Crippen LogP contribution in [-0.4, -0.2) is 145 Å². The first-order valence-electron chi connectivity index (χ1n) is 34.3. The van der Waals surface area contributed by atoms with Gasteiger partial charge in [0.15, 0.2) is 16.9 Å². The van der Waals surface area contributed by atoms with Crippen molar-refractivity contribution in [3.8, 4) is 11.5 Å². The van der Waals surface area contributed by atoms with Crippen molar-refractivity contribution in [3.05, 3.63) is 84.1 Å². The average molecular weight is 1270 g/mol. The van der Waals surface area contributed by atoms with Crippen molar-refractivity contribution in [2.45, 2.75) is 225 Å². The summed E-state index contributed by atoms with van der Waals surface area (Å²) in [5.74, 6) is -1.62. The zero-order valence-corrected chi connectivity index (χ0v) is 54.4. The molecule has 7 fully saturated rings. The van der Waals surface area contributed by atoms with Gasteiger partial charge in [0, 0.05) is 53.3 Å². The van der Waals surface area contributed by atoms with Crippen molar-refractivity contribution >= 4 is 49.3 Å². The van der Waals surface area contributed by atoms with Crippen LogP contribution in [0.5, 0.6) is 11.5 Å². The molecule has 4 aromatic rings. The summed E-state index contributed by atoms with van der Waals surface area (Å²) in [7, 11) is 5.50. The van der Waals surface area contributed by atoms with E-state index < -0.39 is 82.1 Å². The van der Waals surface area contributed by atoms with Gasteiger partial charge in [0.05, 0.1) is 30.7 Å². The minimum Gasteiger partial charge on any atom is -0.485 e. The van der Waals surface area contributed by atoms with E-state index >= 15 is 0 Å². The number of aryl methyl sites for hydroxylation is 1. The average Bonchev–Trinajstić information content (AvgIpc) is 1.44. The van der Waals surface area contributed by atoms with Gasteiger partial charge in [-0.2, -0.15) is 0 Å². The predicted octanol–water partition coefficient (Wildman–Crippen LogP) is 10.6. The molecule has 3 aliphatic heterocycles. The second-order valence-corrected chi connectivity index (χ2v) is 32.1. The molecule has 15 nitrogen and oxygen atoms in total. The molecule has 3 spiro atoms. The topological polar surface area (TPSA) is 233 Å². The number of nitrogens with one attached hydrogen (secondary N) is 2. The van der Waals surface area contributed by atoms with Crippen LogP contribution in [-0.2, 0) is 26.1 Å². The quantitative estimate of drug-likeness (QED) is 0.0365. The van der Waals surface area contributed by atoms with Crippen LogP contribution in [0.25, 0.3) is 21.7 Å². The van der Waals surface area contributed by atoms with E-state index in [0.717, 1.165) is 96.4 Å². The van der Waals surface area contributed by atoms with Gasteiger partial charge in [0.1, 0.15) is 23.9 Å². The molecule has 17 heteroatoms. The van der Waals surface area contributed by atoms with E-state index in [4.69, 9.17) is 23.4 Å². The third-order valence-corrected chi connectivity index (χ3v) is 28.2. The van der Waals surface area contributed by atoms with Gasteiger partial charge < -0.3 is 69.7 Å². The molecule has 3 aromatic carbocycles. The minimum atomic E-state index is -2.51. The zero-order chi connectivity index (χ0) is 62.0. The highest BCUT2D eigenvalue weighted by Crippen LogP contribution is 2.70. The molecule has 0 amide bonds. The third kappa shape index (κ3) is 11.2. The molecule has 1 aromatic heterocycles. The maximum atomic E-state index is 14.0.